The predicted octanol–water partition coefficient (Wildman–Crippen LogP) is 3.99. The van der Waals surface area contributed by atoms with Gasteiger partial charge in [0.1, 0.15) is 18.4 Å². The number of hydrogen-bond donors (Lipinski definition) is 1. The number of rotatable bonds is 10. The molecule has 2 aromatic carbocycles. The molecule has 0 saturated carbocycles. The molecule has 2 unspecified atom stereocenters. The molecule has 0 fully saturated rings. The van der Waals surface area contributed by atoms with Crippen molar-refractivity contribution in [1.29, 1.82) is 0 Å². The van der Waals surface area contributed by atoms with Crippen LogP contribution in [-0.2, 0) is 26.2 Å². The minimum Gasteiger partial charge on any atom is -0.352 e. The van der Waals surface area contributed by atoms with Crippen LogP contribution in [0.5, 0.6) is 0 Å². The third-order valence-corrected chi connectivity index (χ3v) is 7.57. The number of benzene rings is 2. The van der Waals surface area contributed by atoms with E-state index < -0.39 is 34.3 Å². The fourth-order valence-corrected chi connectivity index (χ4v) is 4.32. The molecule has 0 spiro atoms. The molecule has 0 saturated heterocycles. The monoisotopic (exact) mass is 555 g/mol. The molecule has 2 atom stereocenters. The van der Waals surface area contributed by atoms with E-state index in [1.54, 1.807) is 25.1 Å². The molecule has 0 aliphatic carbocycles. The summed E-state index contributed by atoms with van der Waals surface area (Å²) in [4.78, 5) is 27.6. The molecule has 7 nitrogen and oxygen atoms in total. The zero-order valence-electron chi connectivity index (χ0n) is 20.0. The number of nitrogens with one attached hydrogen (secondary N) is 1. The molecule has 0 radical (unpaired) electrons. The van der Waals surface area contributed by atoms with E-state index in [9.17, 15) is 22.4 Å². The van der Waals surface area contributed by atoms with Crippen molar-refractivity contribution in [3.8, 4) is 0 Å². The van der Waals surface area contributed by atoms with Gasteiger partial charge in [-0.3, -0.25) is 13.9 Å². The van der Waals surface area contributed by atoms with Crippen LogP contribution in [0, 0.1) is 12.7 Å². The average molecular weight is 556 g/mol. The van der Waals surface area contributed by atoms with Gasteiger partial charge in [-0.05, 0) is 68.7 Å². The molecule has 0 aliphatic heterocycles. The lowest BCUT2D eigenvalue weighted by Crippen LogP contribution is -2.52. The number of nitrogens with zero attached hydrogens (tertiary/aromatic N) is 2. The van der Waals surface area contributed by atoms with Gasteiger partial charge in [0, 0.05) is 17.1 Å². The van der Waals surface area contributed by atoms with Gasteiger partial charge in [-0.1, -0.05) is 35.0 Å². The number of carbonyl (C=O) groups is 2. The Hall–Kier alpha value is -2.46. The molecule has 0 aliphatic rings. The molecule has 0 aromatic heterocycles. The second-order valence-corrected chi connectivity index (χ2v) is 11.1. The third kappa shape index (κ3) is 7.53. The quantitative estimate of drug-likeness (QED) is 0.480. The second-order valence-electron chi connectivity index (χ2n) is 8.35. The lowest BCUT2D eigenvalue weighted by molar-refractivity contribution is -0.139. The van der Waals surface area contributed by atoms with Gasteiger partial charge < -0.3 is 10.2 Å². The SMILES string of the molecule is CCC(C)NC(=O)C(C)N(Cc1ccc(F)cc1)C(=O)CN(c1ccc(Br)c(C)c1)S(C)(=O)=O. The van der Waals surface area contributed by atoms with E-state index in [1.807, 2.05) is 20.8 Å². The highest BCUT2D eigenvalue weighted by molar-refractivity contribution is 9.10. The minimum absolute atomic E-state index is 0.0190. The number of halogens is 2. The van der Waals surface area contributed by atoms with Crippen LogP contribution in [-0.4, -0.2) is 50.0 Å². The number of amides is 2. The highest BCUT2D eigenvalue weighted by Crippen LogP contribution is 2.25. The van der Waals surface area contributed by atoms with Crippen LogP contribution >= 0.6 is 15.9 Å². The van der Waals surface area contributed by atoms with Crippen molar-refractivity contribution in [3.63, 3.8) is 0 Å². The van der Waals surface area contributed by atoms with Crippen LogP contribution in [0.4, 0.5) is 10.1 Å². The molecule has 10 heteroatoms. The van der Waals surface area contributed by atoms with Crippen LogP contribution in [0.2, 0.25) is 0 Å². The Labute approximate surface area is 209 Å². The third-order valence-electron chi connectivity index (χ3n) is 5.54. The molecule has 186 valence electrons. The van der Waals surface area contributed by atoms with E-state index in [0.29, 0.717) is 11.3 Å². The van der Waals surface area contributed by atoms with Gasteiger partial charge in [0.2, 0.25) is 21.8 Å². The van der Waals surface area contributed by atoms with Crippen molar-refractivity contribution < 1.29 is 22.4 Å². The normalized spacial score (nSPS) is 13.1. The van der Waals surface area contributed by atoms with E-state index in [-0.39, 0.29) is 18.5 Å². The van der Waals surface area contributed by atoms with Gasteiger partial charge in [0.05, 0.1) is 11.9 Å². The minimum atomic E-state index is -3.80. The van der Waals surface area contributed by atoms with Crippen LogP contribution in [0.3, 0.4) is 0 Å². The number of sulfonamides is 1. The van der Waals surface area contributed by atoms with Crippen LogP contribution in [0.25, 0.3) is 0 Å². The number of carbonyl (C=O) groups excluding carboxylic acids is 2. The summed E-state index contributed by atoms with van der Waals surface area (Å²) in [5.74, 6) is -1.32. The van der Waals surface area contributed by atoms with E-state index >= 15 is 0 Å². The predicted molar refractivity (Wildman–Crippen MR) is 135 cm³/mol. The first kappa shape index (κ1) is 27.8. The number of hydrogen-bond acceptors (Lipinski definition) is 4. The summed E-state index contributed by atoms with van der Waals surface area (Å²) in [6, 6.07) is 9.63. The summed E-state index contributed by atoms with van der Waals surface area (Å²) in [6.07, 6.45) is 1.75. The Morgan fingerprint density at radius 2 is 1.74 bits per heavy atom. The summed E-state index contributed by atoms with van der Waals surface area (Å²) < 4.78 is 40.4. The summed E-state index contributed by atoms with van der Waals surface area (Å²) in [6.45, 7) is 6.73. The topological polar surface area (TPSA) is 86.8 Å². The van der Waals surface area contributed by atoms with Gasteiger partial charge in [-0.15, -0.1) is 0 Å². The summed E-state index contributed by atoms with van der Waals surface area (Å²) in [5.41, 5.74) is 1.77. The highest BCUT2D eigenvalue weighted by Gasteiger charge is 2.30. The van der Waals surface area contributed by atoms with Crippen molar-refractivity contribution >= 4 is 43.5 Å². The van der Waals surface area contributed by atoms with Gasteiger partial charge in [-0.2, -0.15) is 0 Å². The van der Waals surface area contributed by atoms with Crippen LogP contribution < -0.4 is 9.62 Å². The zero-order chi connectivity index (χ0) is 25.6. The summed E-state index contributed by atoms with van der Waals surface area (Å²) >= 11 is 3.39. The Balaban J connectivity index is 2.39. The first-order valence-electron chi connectivity index (χ1n) is 10.9. The standard InChI is InChI=1S/C24H31BrFN3O4S/c1-6-17(3)27-24(31)18(4)28(14-19-7-9-20(26)10-8-19)23(30)15-29(34(5,32)33)21-11-12-22(25)16(2)13-21/h7-13,17-18H,6,14-15H2,1-5H3,(H,27,31). The lowest BCUT2D eigenvalue weighted by atomic mass is 10.1. The maximum absolute atomic E-state index is 13.5. The first-order valence-corrected chi connectivity index (χ1v) is 13.6. The van der Waals surface area contributed by atoms with E-state index in [2.05, 4.69) is 21.2 Å². The van der Waals surface area contributed by atoms with Gasteiger partial charge in [0.15, 0.2) is 0 Å². The molecule has 2 amide bonds. The van der Waals surface area contributed by atoms with Crippen molar-refractivity contribution in [2.75, 3.05) is 17.1 Å². The fraction of sp³-hybridized carbons (Fsp3) is 0.417. The molecule has 0 heterocycles. The highest BCUT2D eigenvalue weighted by atomic mass is 79.9. The molecule has 2 rings (SSSR count). The maximum atomic E-state index is 13.5. The molecule has 2 aromatic rings. The van der Waals surface area contributed by atoms with Gasteiger partial charge >= 0.3 is 0 Å². The molecule has 1 N–H and O–H groups in total. The van der Waals surface area contributed by atoms with E-state index in [4.69, 9.17) is 0 Å². The summed E-state index contributed by atoms with van der Waals surface area (Å²) in [5, 5.41) is 2.86. The molecular formula is C24H31BrFN3O4S. The van der Waals surface area contributed by atoms with Gasteiger partial charge in [0.25, 0.3) is 0 Å². The first-order chi connectivity index (χ1) is 15.8. The number of aryl methyl sites for hydroxylation is 1. The smallest absolute Gasteiger partial charge is 0.244 e. The molecule has 34 heavy (non-hydrogen) atoms. The average Bonchev–Trinajstić information content (AvgIpc) is 2.77. The van der Waals surface area contributed by atoms with Crippen LogP contribution in [0.1, 0.15) is 38.3 Å². The Bertz CT molecular complexity index is 1130. The van der Waals surface area contributed by atoms with E-state index in [1.165, 1.54) is 29.2 Å². The van der Waals surface area contributed by atoms with Crippen molar-refractivity contribution in [1.82, 2.24) is 10.2 Å². The second kappa shape index (κ2) is 11.8. The largest absolute Gasteiger partial charge is 0.352 e. The molecule has 0 bridgehead atoms. The Kier molecular flexibility index (Phi) is 9.64. The van der Waals surface area contributed by atoms with Gasteiger partial charge in [-0.25, -0.2) is 12.8 Å². The Morgan fingerprint density at radius 1 is 1.12 bits per heavy atom. The maximum Gasteiger partial charge on any atom is 0.244 e. The van der Waals surface area contributed by atoms with Crippen molar-refractivity contribution in [3.05, 3.63) is 63.9 Å². The lowest BCUT2D eigenvalue weighted by Gasteiger charge is -2.32. The molecular weight excluding hydrogens is 525 g/mol. The van der Waals surface area contributed by atoms with Crippen molar-refractivity contribution in [2.45, 2.75) is 52.7 Å². The fourth-order valence-electron chi connectivity index (χ4n) is 3.23. The Morgan fingerprint density at radius 3 is 2.26 bits per heavy atom. The van der Waals surface area contributed by atoms with Crippen LogP contribution in [0.15, 0.2) is 46.9 Å². The van der Waals surface area contributed by atoms with Crippen molar-refractivity contribution in [2.24, 2.45) is 0 Å². The summed E-state index contributed by atoms with van der Waals surface area (Å²) in [7, 11) is -3.80. The zero-order valence-corrected chi connectivity index (χ0v) is 22.4. The number of anilines is 1. The van der Waals surface area contributed by atoms with E-state index in [0.717, 1.165) is 27.0 Å².